The molecule has 4 heteroatoms. The van der Waals surface area contributed by atoms with Gasteiger partial charge in [0.05, 0.1) is 0 Å². The molecule has 1 N–H and O–H groups in total. The largest absolute Gasteiger partial charge is 0.459 e. The molecule has 0 aromatic carbocycles. The van der Waals surface area contributed by atoms with Crippen LogP contribution < -0.4 is 0 Å². The van der Waals surface area contributed by atoms with E-state index in [4.69, 9.17) is 9.47 Å². The van der Waals surface area contributed by atoms with Gasteiger partial charge in [-0.25, -0.2) is 0 Å². The van der Waals surface area contributed by atoms with E-state index in [9.17, 15) is 9.90 Å². The van der Waals surface area contributed by atoms with E-state index in [2.05, 4.69) is 19.9 Å². The van der Waals surface area contributed by atoms with Gasteiger partial charge in [-0.3, -0.25) is 4.79 Å². The summed E-state index contributed by atoms with van der Waals surface area (Å²) in [6.07, 6.45) is 9.49. The number of ether oxygens (including phenoxy) is 2. The monoisotopic (exact) mass is 318 g/mol. The molecule has 2 aliphatic heterocycles. The second-order valence-corrected chi connectivity index (χ2v) is 8.84. The summed E-state index contributed by atoms with van der Waals surface area (Å²) in [5.41, 5.74) is -0.386. The zero-order valence-electron chi connectivity index (χ0n) is 14.0. The Balaban J connectivity index is 1.51. The van der Waals surface area contributed by atoms with E-state index in [0.717, 1.165) is 32.1 Å². The Kier molecular flexibility index (Phi) is 2.65. The summed E-state index contributed by atoms with van der Waals surface area (Å²) in [5, 5.41) is 10.2. The van der Waals surface area contributed by atoms with Crippen LogP contribution in [-0.4, -0.2) is 34.5 Å². The highest BCUT2D eigenvalue weighted by atomic mass is 16.6. The Morgan fingerprint density at radius 1 is 1.17 bits per heavy atom. The number of hydrogen-bond donors (Lipinski definition) is 1. The van der Waals surface area contributed by atoms with E-state index in [-0.39, 0.29) is 28.7 Å². The number of rotatable bonds is 0. The third-order valence-electron chi connectivity index (χ3n) is 8.00. The summed E-state index contributed by atoms with van der Waals surface area (Å²) in [7, 11) is 0. The molecule has 126 valence electrons. The molecule has 2 saturated heterocycles. The van der Waals surface area contributed by atoms with Crippen molar-refractivity contribution in [2.75, 3.05) is 0 Å². The third kappa shape index (κ3) is 1.62. The molecule has 5 rings (SSSR count). The van der Waals surface area contributed by atoms with Crippen LogP contribution in [0.3, 0.4) is 0 Å². The third-order valence-corrected chi connectivity index (χ3v) is 8.00. The fourth-order valence-electron chi connectivity index (χ4n) is 6.75. The molecule has 2 saturated carbocycles. The quantitative estimate of drug-likeness (QED) is 0.424. The van der Waals surface area contributed by atoms with Crippen LogP contribution in [-0.2, 0) is 14.3 Å². The first-order chi connectivity index (χ1) is 10.9. The first-order valence-corrected chi connectivity index (χ1v) is 9.17. The lowest BCUT2D eigenvalue weighted by atomic mass is 9.47. The zero-order chi connectivity index (χ0) is 16.0. The van der Waals surface area contributed by atoms with Gasteiger partial charge in [-0.15, -0.1) is 0 Å². The fraction of sp³-hybridized carbons (Fsp3) is 0.842. The van der Waals surface area contributed by atoms with E-state index in [1.165, 1.54) is 0 Å². The number of hydrogen-bond acceptors (Lipinski definition) is 4. The smallest absolute Gasteiger partial charge is 0.306 e. The molecule has 0 bridgehead atoms. The molecule has 2 heterocycles. The van der Waals surface area contributed by atoms with Crippen LogP contribution in [0, 0.1) is 23.2 Å². The van der Waals surface area contributed by atoms with E-state index < -0.39 is 6.10 Å². The van der Waals surface area contributed by atoms with Crippen LogP contribution >= 0.6 is 0 Å². The van der Waals surface area contributed by atoms with Crippen LogP contribution in [0.5, 0.6) is 0 Å². The van der Waals surface area contributed by atoms with Gasteiger partial charge in [-0.2, -0.15) is 0 Å². The van der Waals surface area contributed by atoms with Crippen molar-refractivity contribution in [1.82, 2.24) is 0 Å². The highest BCUT2D eigenvalue weighted by molar-refractivity contribution is 5.71. The van der Waals surface area contributed by atoms with E-state index in [1.54, 1.807) is 0 Å². The van der Waals surface area contributed by atoms with Crippen LogP contribution in [0.1, 0.15) is 52.4 Å². The number of aliphatic hydroxyl groups is 1. The minimum Gasteiger partial charge on any atom is -0.459 e. The van der Waals surface area contributed by atoms with Crippen LogP contribution in [0.25, 0.3) is 0 Å². The molecule has 0 aromatic rings. The zero-order valence-corrected chi connectivity index (χ0v) is 14.0. The standard InChI is InChI=1S/C19H26O4/c1-17-8-7-14(20)16-19(17,23-16)10-5-11-12(17)6-9-18(2)13(11)3-4-15(21)22-18/h7-8,11-14,16,20H,3-6,9-10H2,1-2H3/t11-,12+,13+,14-,16+,17-,18+,19+/m1/s1. The van der Waals surface area contributed by atoms with Crippen molar-refractivity contribution in [3.05, 3.63) is 12.2 Å². The predicted octanol–water partition coefficient (Wildman–Crippen LogP) is 2.59. The predicted molar refractivity (Wildman–Crippen MR) is 83.5 cm³/mol. The highest BCUT2D eigenvalue weighted by Gasteiger charge is 2.74. The van der Waals surface area contributed by atoms with Crippen molar-refractivity contribution >= 4 is 5.97 Å². The normalized spacial score (nSPS) is 60.0. The van der Waals surface area contributed by atoms with E-state index in [1.807, 2.05) is 6.08 Å². The van der Waals surface area contributed by atoms with Gasteiger partial charge in [-0.05, 0) is 50.9 Å². The number of aliphatic hydroxyl groups excluding tert-OH is 1. The van der Waals surface area contributed by atoms with Crippen molar-refractivity contribution in [3.8, 4) is 0 Å². The lowest BCUT2D eigenvalue weighted by molar-refractivity contribution is -0.198. The first-order valence-electron chi connectivity index (χ1n) is 9.17. The molecular weight excluding hydrogens is 292 g/mol. The maximum absolute atomic E-state index is 11.8. The lowest BCUT2D eigenvalue weighted by Crippen LogP contribution is -2.60. The Bertz CT molecular complexity index is 600. The van der Waals surface area contributed by atoms with Gasteiger partial charge < -0.3 is 14.6 Å². The average Bonchev–Trinajstić information content (AvgIpc) is 3.24. The molecule has 4 fully saturated rings. The van der Waals surface area contributed by atoms with Gasteiger partial charge in [0.15, 0.2) is 0 Å². The summed E-state index contributed by atoms with van der Waals surface area (Å²) in [4.78, 5) is 11.8. The minimum atomic E-state index is -0.441. The summed E-state index contributed by atoms with van der Waals surface area (Å²) in [5.74, 6) is 1.62. The first kappa shape index (κ1) is 14.5. The summed E-state index contributed by atoms with van der Waals surface area (Å²) in [6.45, 7) is 4.48. The Labute approximate surface area is 137 Å². The molecule has 1 spiro atoms. The number of fused-ring (bicyclic) bond motifs is 4. The molecule has 0 amide bonds. The number of carbonyl (C=O) groups is 1. The Hall–Kier alpha value is -0.870. The molecule has 0 unspecified atom stereocenters. The van der Waals surface area contributed by atoms with Gasteiger partial charge in [0.25, 0.3) is 0 Å². The van der Waals surface area contributed by atoms with E-state index >= 15 is 0 Å². The second kappa shape index (κ2) is 4.20. The molecule has 23 heavy (non-hydrogen) atoms. The SMILES string of the molecule is C[C@]12CC[C@H]3[C@@H](CC[C@]45O[C@H]4[C@H](O)C=C[C@]35C)[C@@H]1CCC(=O)O2. The van der Waals surface area contributed by atoms with Gasteiger partial charge in [0.1, 0.15) is 23.4 Å². The van der Waals surface area contributed by atoms with Gasteiger partial charge in [-0.1, -0.05) is 19.1 Å². The van der Waals surface area contributed by atoms with Crippen molar-refractivity contribution in [2.24, 2.45) is 23.2 Å². The minimum absolute atomic E-state index is 0.00376. The van der Waals surface area contributed by atoms with Gasteiger partial charge in [0, 0.05) is 17.8 Å². The number of epoxide rings is 1. The molecule has 3 aliphatic carbocycles. The summed E-state index contributed by atoms with van der Waals surface area (Å²) < 4.78 is 11.9. The molecular formula is C19H26O4. The maximum atomic E-state index is 11.8. The molecule has 5 aliphatic rings. The van der Waals surface area contributed by atoms with Crippen molar-refractivity contribution < 1.29 is 19.4 Å². The van der Waals surface area contributed by atoms with Crippen molar-refractivity contribution in [3.63, 3.8) is 0 Å². The molecule has 0 radical (unpaired) electrons. The topological polar surface area (TPSA) is 59.1 Å². The highest BCUT2D eigenvalue weighted by Crippen LogP contribution is 2.69. The van der Waals surface area contributed by atoms with Gasteiger partial charge in [0.2, 0.25) is 0 Å². The van der Waals surface area contributed by atoms with Gasteiger partial charge >= 0.3 is 5.97 Å². The van der Waals surface area contributed by atoms with Crippen LogP contribution in [0.4, 0.5) is 0 Å². The average molecular weight is 318 g/mol. The molecule has 4 nitrogen and oxygen atoms in total. The summed E-state index contributed by atoms with van der Waals surface area (Å²) >= 11 is 0. The molecule has 0 aromatic heterocycles. The van der Waals surface area contributed by atoms with E-state index in [0.29, 0.717) is 24.2 Å². The Morgan fingerprint density at radius 2 is 2.00 bits per heavy atom. The molecule has 8 atom stereocenters. The maximum Gasteiger partial charge on any atom is 0.306 e. The second-order valence-electron chi connectivity index (χ2n) is 8.84. The summed E-state index contributed by atoms with van der Waals surface area (Å²) in [6, 6.07) is 0. The number of esters is 1. The number of carbonyl (C=O) groups excluding carboxylic acids is 1. The Morgan fingerprint density at radius 3 is 2.83 bits per heavy atom. The van der Waals surface area contributed by atoms with Crippen molar-refractivity contribution in [2.45, 2.75) is 75.8 Å². The lowest BCUT2D eigenvalue weighted by Gasteiger charge is -2.59. The van der Waals surface area contributed by atoms with Crippen molar-refractivity contribution in [1.29, 1.82) is 0 Å². The fourth-order valence-corrected chi connectivity index (χ4v) is 6.75. The van der Waals surface area contributed by atoms with Crippen LogP contribution in [0.15, 0.2) is 12.2 Å². The van der Waals surface area contributed by atoms with Crippen LogP contribution in [0.2, 0.25) is 0 Å².